The van der Waals surface area contributed by atoms with Gasteiger partial charge in [0.25, 0.3) is 5.56 Å². The van der Waals surface area contributed by atoms with Gasteiger partial charge in [-0.15, -0.1) is 0 Å². The van der Waals surface area contributed by atoms with Crippen LogP contribution in [0, 0.1) is 11.8 Å². The van der Waals surface area contributed by atoms with Crippen molar-refractivity contribution >= 4 is 74.0 Å². The molecule has 4 fully saturated rings. The van der Waals surface area contributed by atoms with Gasteiger partial charge in [0.05, 0.1) is 46.3 Å². The van der Waals surface area contributed by atoms with Crippen LogP contribution < -0.4 is 36.0 Å². The van der Waals surface area contributed by atoms with Gasteiger partial charge in [-0.2, -0.15) is 23.3 Å². The van der Waals surface area contributed by atoms with E-state index in [1.54, 1.807) is 22.9 Å². The van der Waals surface area contributed by atoms with Crippen molar-refractivity contribution in [3.8, 4) is 5.75 Å². The van der Waals surface area contributed by atoms with Gasteiger partial charge in [-0.3, -0.25) is 29.3 Å². The second-order valence-corrected chi connectivity index (χ2v) is 18.3. The summed E-state index contributed by atoms with van der Waals surface area (Å²) >= 11 is 6.55. The third-order valence-corrected chi connectivity index (χ3v) is 13.9. The Morgan fingerprint density at radius 2 is 1.75 bits per heavy atom. The molecule has 65 heavy (non-hydrogen) atoms. The van der Waals surface area contributed by atoms with Crippen molar-refractivity contribution < 1.29 is 36.3 Å². The first-order chi connectivity index (χ1) is 31.0. The molecule has 0 radical (unpaired) electrons. The number of alkyl halides is 5. The molecule has 2 aromatic carbocycles. The van der Waals surface area contributed by atoms with Crippen LogP contribution in [0.4, 0.5) is 50.8 Å². The van der Waals surface area contributed by atoms with Crippen molar-refractivity contribution in [2.75, 3.05) is 66.3 Å². The number of halogens is 6. The highest BCUT2D eigenvalue weighted by molar-refractivity contribution is 6.33. The summed E-state index contributed by atoms with van der Waals surface area (Å²) < 4.78 is 83.6. The third kappa shape index (κ3) is 8.05. The molecular formula is C44H47ClF5N11O4. The van der Waals surface area contributed by atoms with Crippen molar-refractivity contribution in [3.05, 3.63) is 63.7 Å². The molecule has 15 nitrogen and oxygen atoms in total. The number of anilines is 5. The molecule has 344 valence electrons. The SMILES string of the molecule is Cn1nc(C2CCC(=O)NC2=O)c2cccc(N3CCC(CN4CCN(c5ncc(Cl)c(Nc6ccc7c(c6)c6c(c(=O)n7C)OCC(F)(F)[C@H](C7CC7)N6)n5)C[C@H]4C(F)(F)F)CC3)c21. The molecule has 2 amide bonds. The van der Waals surface area contributed by atoms with E-state index in [4.69, 9.17) is 21.4 Å². The molecule has 5 aromatic rings. The first-order valence-electron chi connectivity index (χ1n) is 21.9. The fraction of sp³-hybridized carbons (Fsp3) is 0.500. The van der Waals surface area contributed by atoms with E-state index in [0.717, 1.165) is 16.6 Å². The van der Waals surface area contributed by atoms with Gasteiger partial charge in [0, 0.05) is 76.2 Å². The van der Waals surface area contributed by atoms with Crippen molar-refractivity contribution in [3.63, 3.8) is 0 Å². The average molecular weight is 924 g/mol. The lowest BCUT2D eigenvalue weighted by molar-refractivity contribution is -0.186. The standard InChI is InChI=1S/C44H47ClF5N11O4/c1-57-30-10-8-25(18-28(30)35-37(41(57)64)65-22-43(46,47)38(54-35)24-6-7-24)52-39-29(45)19-51-42(55-39)61-17-16-60(32(21-61)44(48,49)50)20-23-12-14-59(15-13-23)31-5-3-4-26-34(56-58(2)36(26)31)27-9-11-33(62)53-40(27)63/h3-5,8,10,18-19,23-24,27,32,38,54H,6-7,9,11-17,20-22H2,1-2H3,(H,51,52,55)(H,53,62,63)/t27?,32-,38-/m0/s1. The Labute approximate surface area is 374 Å². The molecule has 1 aliphatic carbocycles. The van der Waals surface area contributed by atoms with E-state index >= 15 is 8.78 Å². The van der Waals surface area contributed by atoms with Gasteiger partial charge in [-0.25, -0.2) is 13.8 Å². The van der Waals surface area contributed by atoms with Crippen LogP contribution in [0.1, 0.15) is 50.1 Å². The predicted octanol–water partition coefficient (Wildman–Crippen LogP) is 6.32. The van der Waals surface area contributed by atoms with E-state index < -0.39 is 48.8 Å². The highest BCUT2D eigenvalue weighted by atomic mass is 35.5. The Kier molecular flexibility index (Phi) is 10.8. The number of fused-ring (bicyclic) bond motifs is 4. The number of carbonyl (C=O) groups is 2. The van der Waals surface area contributed by atoms with E-state index in [2.05, 4.69) is 30.8 Å². The monoisotopic (exact) mass is 923 g/mol. The number of imide groups is 1. The molecule has 4 aliphatic heterocycles. The van der Waals surface area contributed by atoms with E-state index in [1.807, 2.05) is 25.2 Å². The maximum absolute atomic E-state index is 15.2. The number of hydrogen-bond donors (Lipinski definition) is 3. The zero-order valence-electron chi connectivity index (χ0n) is 35.6. The number of carbonyl (C=O) groups excluding carboxylic acids is 2. The Balaban J connectivity index is 0.826. The largest absolute Gasteiger partial charge is 0.480 e. The fourth-order valence-corrected chi connectivity index (χ4v) is 10.2. The maximum atomic E-state index is 15.2. The summed E-state index contributed by atoms with van der Waals surface area (Å²) in [6.45, 7) is 0.570. The summed E-state index contributed by atoms with van der Waals surface area (Å²) in [7, 11) is 3.36. The number of nitrogens with zero attached hydrogens (tertiary/aromatic N) is 8. The van der Waals surface area contributed by atoms with Gasteiger partial charge < -0.3 is 29.7 Å². The van der Waals surface area contributed by atoms with E-state index in [9.17, 15) is 27.6 Å². The molecule has 3 atom stereocenters. The maximum Gasteiger partial charge on any atom is 0.405 e. The highest BCUT2D eigenvalue weighted by Crippen LogP contribution is 2.46. The van der Waals surface area contributed by atoms with Gasteiger partial charge in [0.2, 0.25) is 23.5 Å². The number of pyridine rings is 1. The molecule has 5 aliphatic rings. The Hall–Kier alpha value is -5.76. The molecule has 1 unspecified atom stereocenters. The molecule has 3 saturated heterocycles. The van der Waals surface area contributed by atoms with Crippen molar-refractivity contribution in [1.29, 1.82) is 0 Å². The molecule has 1 saturated carbocycles. The molecule has 7 heterocycles. The van der Waals surface area contributed by atoms with Crippen LogP contribution in [-0.2, 0) is 23.7 Å². The molecule has 0 spiro atoms. The number of piperazine rings is 1. The minimum absolute atomic E-state index is 0.0206. The topological polar surface area (TPSA) is 155 Å². The normalized spacial score (nSPS) is 23.2. The van der Waals surface area contributed by atoms with Crippen LogP contribution in [0.5, 0.6) is 5.75 Å². The number of ether oxygens (including phenoxy) is 1. The van der Waals surface area contributed by atoms with Crippen LogP contribution in [0.25, 0.3) is 21.8 Å². The summed E-state index contributed by atoms with van der Waals surface area (Å²) in [5, 5.41) is 14.6. The Morgan fingerprint density at radius 3 is 2.49 bits per heavy atom. The number of amides is 2. The van der Waals surface area contributed by atoms with Gasteiger partial charge in [-0.1, -0.05) is 23.7 Å². The van der Waals surface area contributed by atoms with E-state index in [0.29, 0.717) is 67.5 Å². The number of piperidine rings is 2. The minimum atomic E-state index is -4.54. The summed E-state index contributed by atoms with van der Waals surface area (Å²) in [5.41, 5.74) is 2.94. The summed E-state index contributed by atoms with van der Waals surface area (Å²) in [4.78, 5) is 51.9. The number of nitrogens with one attached hydrogen (secondary N) is 3. The van der Waals surface area contributed by atoms with Crippen molar-refractivity contribution in [1.82, 2.24) is 34.5 Å². The molecule has 3 N–H and O–H groups in total. The minimum Gasteiger partial charge on any atom is -0.480 e. The summed E-state index contributed by atoms with van der Waals surface area (Å²) in [5.74, 6) is -4.64. The zero-order chi connectivity index (χ0) is 45.5. The van der Waals surface area contributed by atoms with Gasteiger partial charge in [0.1, 0.15) is 11.1 Å². The molecular weight excluding hydrogens is 877 g/mol. The number of hydrogen-bond acceptors (Lipinski definition) is 12. The van der Waals surface area contributed by atoms with Gasteiger partial charge in [-0.05, 0) is 68.2 Å². The Morgan fingerprint density at radius 1 is 0.969 bits per heavy atom. The second kappa shape index (κ2) is 16.3. The van der Waals surface area contributed by atoms with Crippen molar-refractivity contribution in [2.45, 2.75) is 68.6 Å². The van der Waals surface area contributed by atoms with Crippen LogP contribution >= 0.6 is 11.6 Å². The van der Waals surface area contributed by atoms with Crippen molar-refractivity contribution in [2.24, 2.45) is 25.9 Å². The van der Waals surface area contributed by atoms with E-state index in [1.165, 1.54) is 27.6 Å². The van der Waals surface area contributed by atoms with Crippen LogP contribution in [0.15, 0.2) is 47.4 Å². The number of benzene rings is 2. The number of rotatable bonds is 8. The molecule has 21 heteroatoms. The molecule has 3 aromatic heterocycles. The number of aryl methyl sites for hydroxylation is 2. The lowest BCUT2D eigenvalue weighted by Crippen LogP contribution is -2.60. The Bertz CT molecular complexity index is 2770. The lowest BCUT2D eigenvalue weighted by atomic mass is 9.92. The number of para-hydroxylation sites is 1. The lowest BCUT2D eigenvalue weighted by Gasteiger charge is -2.44. The quantitative estimate of drug-likeness (QED) is 0.118. The van der Waals surface area contributed by atoms with Crippen LogP contribution in [-0.4, -0.2) is 111 Å². The summed E-state index contributed by atoms with van der Waals surface area (Å²) in [6, 6.07) is 7.84. The first-order valence-corrected chi connectivity index (χ1v) is 22.2. The van der Waals surface area contributed by atoms with E-state index in [-0.39, 0.29) is 77.9 Å². The smallest absolute Gasteiger partial charge is 0.405 e. The number of aromatic nitrogens is 5. The van der Waals surface area contributed by atoms with Gasteiger partial charge >= 0.3 is 12.1 Å². The van der Waals surface area contributed by atoms with Crippen LogP contribution in [0.2, 0.25) is 5.02 Å². The average Bonchev–Trinajstić information content (AvgIpc) is 4.08. The molecule has 0 bridgehead atoms. The summed E-state index contributed by atoms with van der Waals surface area (Å²) in [6.07, 6.45) is 0.0448. The zero-order valence-corrected chi connectivity index (χ0v) is 36.4. The third-order valence-electron chi connectivity index (χ3n) is 13.6. The highest BCUT2D eigenvalue weighted by Gasteiger charge is 2.51. The predicted molar refractivity (Wildman–Crippen MR) is 234 cm³/mol. The fourth-order valence-electron chi connectivity index (χ4n) is 10.1. The second-order valence-electron chi connectivity index (χ2n) is 17.9. The van der Waals surface area contributed by atoms with Gasteiger partial charge in [0.15, 0.2) is 12.4 Å². The van der Waals surface area contributed by atoms with Crippen LogP contribution in [0.3, 0.4) is 0 Å². The molecule has 10 rings (SSSR count). The first kappa shape index (κ1) is 43.1.